The molecule has 1 fully saturated rings. The Morgan fingerprint density at radius 3 is 2.73 bits per heavy atom. The van der Waals surface area contributed by atoms with Gasteiger partial charge in [-0.3, -0.25) is 0 Å². The van der Waals surface area contributed by atoms with Gasteiger partial charge in [0.25, 0.3) is 0 Å². The summed E-state index contributed by atoms with van der Waals surface area (Å²) in [7, 11) is 1.52. The Kier molecular flexibility index (Phi) is 4.52. The van der Waals surface area contributed by atoms with E-state index in [9.17, 15) is 4.79 Å². The minimum absolute atomic E-state index is 0.326. The maximum atomic E-state index is 12.0. The highest BCUT2D eigenvalue weighted by atomic mass is 127. The smallest absolute Gasteiger partial charge is 0.343 e. The summed E-state index contributed by atoms with van der Waals surface area (Å²) in [4.78, 5) is 16.6. The number of carbonyl (C=O) groups excluding carboxylic acids is 1. The second-order valence-corrected chi connectivity index (χ2v) is 6.62. The van der Waals surface area contributed by atoms with Crippen molar-refractivity contribution in [3.8, 4) is 5.88 Å². The summed E-state index contributed by atoms with van der Waals surface area (Å²) in [5.74, 6) is 0.576. The van der Waals surface area contributed by atoms with Crippen molar-refractivity contribution in [1.29, 1.82) is 0 Å². The zero-order chi connectivity index (χ0) is 15.7. The average molecular weight is 411 g/mol. The van der Waals surface area contributed by atoms with Crippen molar-refractivity contribution in [2.24, 2.45) is 0 Å². The molecule has 1 heterocycles. The highest BCUT2D eigenvalue weighted by molar-refractivity contribution is 14.1. The largest absolute Gasteiger partial charge is 0.480 e. The number of carbonyl (C=O) groups is 1. The van der Waals surface area contributed by atoms with Crippen LogP contribution in [0, 0.1) is 3.57 Å². The van der Waals surface area contributed by atoms with Gasteiger partial charge in [0.2, 0.25) is 5.88 Å². The third-order valence-corrected chi connectivity index (χ3v) is 5.07. The quantitative estimate of drug-likeness (QED) is 0.557. The Labute approximate surface area is 143 Å². The Morgan fingerprint density at radius 2 is 2.14 bits per heavy atom. The van der Waals surface area contributed by atoms with Crippen LogP contribution in [0.2, 0.25) is 0 Å². The fourth-order valence-electron chi connectivity index (χ4n) is 2.74. The predicted octanol–water partition coefficient (Wildman–Crippen LogP) is 4.29. The SMILES string of the molecule is CCOC(=O)c1cc2cc(I)c(C3CCC3)cc2nc1OC. The molecule has 4 nitrogen and oxygen atoms in total. The van der Waals surface area contributed by atoms with Crippen LogP contribution in [0.5, 0.6) is 5.88 Å². The molecule has 116 valence electrons. The van der Waals surface area contributed by atoms with E-state index in [2.05, 4.69) is 39.7 Å². The van der Waals surface area contributed by atoms with Gasteiger partial charge >= 0.3 is 5.97 Å². The Balaban J connectivity index is 2.10. The first-order valence-corrected chi connectivity index (χ1v) is 8.57. The van der Waals surface area contributed by atoms with E-state index in [-0.39, 0.29) is 0 Å². The first kappa shape index (κ1) is 15.5. The minimum Gasteiger partial charge on any atom is -0.480 e. The Hall–Kier alpha value is -1.37. The lowest BCUT2D eigenvalue weighted by atomic mass is 9.80. The maximum Gasteiger partial charge on any atom is 0.343 e. The number of fused-ring (bicyclic) bond motifs is 1. The lowest BCUT2D eigenvalue weighted by Gasteiger charge is -2.27. The lowest BCUT2D eigenvalue weighted by molar-refractivity contribution is 0.0522. The van der Waals surface area contributed by atoms with Gasteiger partial charge in [-0.25, -0.2) is 9.78 Å². The minimum atomic E-state index is -0.396. The van der Waals surface area contributed by atoms with Crippen molar-refractivity contribution in [2.45, 2.75) is 32.1 Å². The molecule has 0 N–H and O–H groups in total. The number of aromatic nitrogens is 1. The molecule has 0 atom stereocenters. The van der Waals surface area contributed by atoms with E-state index in [4.69, 9.17) is 9.47 Å². The third-order valence-electron chi connectivity index (χ3n) is 4.13. The highest BCUT2D eigenvalue weighted by Crippen LogP contribution is 2.40. The molecule has 5 heteroatoms. The summed E-state index contributed by atoms with van der Waals surface area (Å²) in [6, 6.07) is 6.04. The van der Waals surface area contributed by atoms with Gasteiger partial charge in [-0.15, -0.1) is 0 Å². The van der Waals surface area contributed by atoms with E-state index >= 15 is 0 Å². The number of pyridine rings is 1. The number of halogens is 1. The molecule has 0 unspecified atom stereocenters. The van der Waals surface area contributed by atoms with Crippen LogP contribution in [-0.2, 0) is 4.74 Å². The molecule has 0 radical (unpaired) electrons. The molecule has 1 aliphatic carbocycles. The molecule has 22 heavy (non-hydrogen) atoms. The average Bonchev–Trinajstić information content (AvgIpc) is 2.45. The molecule has 0 bridgehead atoms. The summed E-state index contributed by atoms with van der Waals surface area (Å²) >= 11 is 2.37. The van der Waals surface area contributed by atoms with Gasteiger partial charge in [0.1, 0.15) is 5.56 Å². The number of hydrogen-bond donors (Lipinski definition) is 0. The maximum absolute atomic E-state index is 12.0. The van der Waals surface area contributed by atoms with Gasteiger partial charge in [-0.05, 0) is 72.0 Å². The van der Waals surface area contributed by atoms with E-state index in [1.807, 2.05) is 6.07 Å². The van der Waals surface area contributed by atoms with Crippen LogP contribution in [0.4, 0.5) is 0 Å². The number of rotatable bonds is 4. The zero-order valence-electron chi connectivity index (χ0n) is 12.7. The molecule has 1 aliphatic rings. The van der Waals surface area contributed by atoms with Crippen LogP contribution >= 0.6 is 22.6 Å². The van der Waals surface area contributed by atoms with Crippen LogP contribution in [0.1, 0.15) is 48.0 Å². The van der Waals surface area contributed by atoms with Crippen LogP contribution < -0.4 is 4.74 Å². The number of benzene rings is 1. The molecular formula is C17H18INO3. The van der Waals surface area contributed by atoms with Crippen molar-refractivity contribution in [2.75, 3.05) is 13.7 Å². The van der Waals surface area contributed by atoms with Crippen molar-refractivity contribution >= 4 is 39.5 Å². The van der Waals surface area contributed by atoms with Gasteiger partial charge in [0.15, 0.2) is 0 Å². The van der Waals surface area contributed by atoms with Gasteiger partial charge in [0.05, 0.1) is 19.2 Å². The topological polar surface area (TPSA) is 48.4 Å². The van der Waals surface area contributed by atoms with Crippen molar-refractivity contribution < 1.29 is 14.3 Å². The first-order valence-electron chi connectivity index (χ1n) is 7.49. The van der Waals surface area contributed by atoms with Crippen molar-refractivity contribution in [1.82, 2.24) is 4.98 Å². The molecule has 0 spiro atoms. The Bertz CT molecular complexity index is 725. The number of hydrogen-bond acceptors (Lipinski definition) is 4. The van der Waals surface area contributed by atoms with Crippen molar-refractivity contribution in [3.05, 3.63) is 32.9 Å². The van der Waals surface area contributed by atoms with E-state index in [0.29, 0.717) is 24.0 Å². The van der Waals surface area contributed by atoms with E-state index < -0.39 is 5.97 Å². The third kappa shape index (κ3) is 2.78. The molecule has 1 aromatic heterocycles. The lowest BCUT2D eigenvalue weighted by Crippen LogP contribution is -2.11. The van der Waals surface area contributed by atoms with Crippen LogP contribution in [0.15, 0.2) is 18.2 Å². The van der Waals surface area contributed by atoms with Crippen LogP contribution in [0.3, 0.4) is 0 Å². The van der Waals surface area contributed by atoms with Gasteiger partial charge in [0, 0.05) is 8.96 Å². The van der Waals surface area contributed by atoms with E-state index in [0.717, 1.165) is 10.9 Å². The van der Waals surface area contributed by atoms with E-state index in [1.165, 1.54) is 35.5 Å². The standard InChI is InChI=1S/C17H18INO3/c1-3-22-17(20)13-7-11-8-14(18)12(10-5-4-6-10)9-15(11)19-16(13)21-2/h7-10H,3-6H2,1-2H3. The second kappa shape index (κ2) is 6.40. The van der Waals surface area contributed by atoms with Gasteiger partial charge in [-0.2, -0.15) is 0 Å². The van der Waals surface area contributed by atoms with Gasteiger partial charge in [-0.1, -0.05) is 6.42 Å². The molecule has 2 aromatic rings. The summed E-state index contributed by atoms with van der Waals surface area (Å²) < 4.78 is 11.6. The van der Waals surface area contributed by atoms with Crippen molar-refractivity contribution in [3.63, 3.8) is 0 Å². The highest BCUT2D eigenvalue weighted by Gasteiger charge is 2.23. The summed E-state index contributed by atoms with van der Waals surface area (Å²) in [6.07, 6.45) is 3.80. The molecule has 0 saturated heterocycles. The number of nitrogens with zero attached hydrogens (tertiary/aromatic N) is 1. The van der Waals surface area contributed by atoms with Crippen LogP contribution in [0.25, 0.3) is 10.9 Å². The van der Waals surface area contributed by atoms with Gasteiger partial charge < -0.3 is 9.47 Å². The zero-order valence-corrected chi connectivity index (χ0v) is 14.8. The number of esters is 1. The molecule has 0 amide bonds. The summed E-state index contributed by atoms with van der Waals surface area (Å²) in [6.45, 7) is 2.12. The molecule has 1 aromatic carbocycles. The fraction of sp³-hybridized carbons (Fsp3) is 0.412. The number of methoxy groups -OCH3 is 1. The second-order valence-electron chi connectivity index (χ2n) is 5.46. The molecule has 1 saturated carbocycles. The number of ether oxygens (including phenoxy) is 2. The fourth-order valence-corrected chi connectivity index (χ4v) is 3.67. The molecular weight excluding hydrogens is 393 g/mol. The molecule has 3 rings (SSSR count). The Morgan fingerprint density at radius 1 is 1.36 bits per heavy atom. The monoisotopic (exact) mass is 411 g/mol. The summed E-state index contributed by atoms with van der Waals surface area (Å²) in [5.41, 5.74) is 2.61. The summed E-state index contributed by atoms with van der Waals surface area (Å²) in [5, 5.41) is 0.941. The predicted molar refractivity (Wildman–Crippen MR) is 93.6 cm³/mol. The van der Waals surface area contributed by atoms with E-state index in [1.54, 1.807) is 6.92 Å². The normalized spacial score (nSPS) is 14.7. The molecule has 0 aliphatic heterocycles. The van der Waals surface area contributed by atoms with Crippen LogP contribution in [-0.4, -0.2) is 24.7 Å². The first-order chi connectivity index (χ1) is 10.6.